The summed E-state index contributed by atoms with van der Waals surface area (Å²) in [6, 6.07) is 11.8. The van der Waals surface area contributed by atoms with Crippen LogP contribution in [0.3, 0.4) is 0 Å². The number of nitriles is 1. The summed E-state index contributed by atoms with van der Waals surface area (Å²) in [7, 11) is 0. The molecule has 1 aromatic heterocycles. The molecule has 0 unspecified atom stereocenters. The van der Waals surface area contributed by atoms with Gasteiger partial charge in [0.1, 0.15) is 18.4 Å². The number of rotatable bonds is 3. The molecule has 0 saturated carbocycles. The fourth-order valence-corrected chi connectivity index (χ4v) is 1.52. The van der Waals surface area contributed by atoms with Crippen molar-refractivity contribution in [3.8, 4) is 6.07 Å². The number of nitrogens with zero attached hydrogens (tertiary/aromatic N) is 2. The third kappa shape index (κ3) is 3.30. The lowest BCUT2D eigenvalue weighted by atomic mass is 10.2. The molecule has 94 valence electrons. The highest BCUT2D eigenvalue weighted by Crippen LogP contribution is 2.10. The highest BCUT2D eigenvalue weighted by atomic mass is 16.5. The number of hydrogen-bond acceptors (Lipinski definition) is 5. The van der Waals surface area contributed by atoms with Gasteiger partial charge in [0.2, 0.25) is 0 Å². The zero-order valence-corrected chi connectivity index (χ0v) is 10.0. The van der Waals surface area contributed by atoms with Crippen LogP contribution in [0.25, 0.3) is 0 Å². The molecule has 5 nitrogen and oxygen atoms in total. The molecule has 0 saturated heterocycles. The number of nitrogens with two attached hydrogens (primary N) is 1. The molecule has 0 aliphatic rings. The van der Waals surface area contributed by atoms with Gasteiger partial charge in [0.05, 0.1) is 5.56 Å². The summed E-state index contributed by atoms with van der Waals surface area (Å²) in [5, 5.41) is 8.71. The molecule has 0 aliphatic heterocycles. The lowest BCUT2D eigenvalue weighted by Crippen LogP contribution is -2.06. The van der Waals surface area contributed by atoms with Crippen molar-refractivity contribution in [2.24, 2.45) is 0 Å². The number of aromatic nitrogens is 1. The van der Waals surface area contributed by atoms with E-state index < -0.39 is 5.97 Å². The van der Waals surface area contributed by atoms with Crippen LogP contribution in [0.5, 0.6) is 0 Å². The fourth-order valence-electron chi connectivity index (χ4n) is 1.52. The summed E-state index contributed by atoms with van der Waals surface area (Å²) >= 11 is 0. The minimum Gasteiger partial charge on any atom is -0.457 e. The smallest absolute Gasteiger partial charge is 0.338 e. The molecule has 0 amide bonds. The molecule has 0 spiro atoms. The van der Waals surface area contributed by atoms with E-state index in [1.807, 2.05) is 6.07 Å². The molecule has 0 aliphatic carbocycles. The van der Waals surface area contributed by atoms with Crippen LogP contribution in [0.4, 0.5) is 5.69 Å². The topological polar surface area (TPSA) is 89.0 Å². The molecule has 2 rings (SSSR count). The van der Waals surface area contributed by atoms with Crippen molar-refractivity contribution in [3.05, 3.63) is 59.4 Å². The molecule has 0 radical (unpaired) electrons. The summed E-state index contributed by atoms with van der Waals surface area (Å²) in [5.41, 5.74) is 7.49. The quantitative estimate of drug-likeness (QED) is 0.666. The molecular weight excluding hydrogens is 242 g/mol. The molecular formula is C14H11N3O2. The minimum absolute atomic E-state index is 0.0881. The summed E-state index contributed by atoms with van der Waals surface area (Å²) in [5.74, 6) is -0.456. The summed E-state index contributed by atoms with van der Waals surface area (Å²) < 4.78 is 5.14. The predicted octanol–water partition coefficient (Wildman–Crippen LogP) is 1.89. The second kappa shape index (κ2) is 5.65. The van der Waals surface area contributed by atoms with Gasteiger partial charge in [-0.3, -0.25) is 0 Å². The predicted molar refractivity (Wildman–Crippen MR) is 68.9 cm³/mol. The van der Waals surface area contributed by atoms with E-state index in [4.69, 9.17) is 15.7 Å². The molecule has 2 aromatic rings. The number of nitrogen functional groups attached to an aromatic ring is 1. The van der Waals surface area contributed by atoms with Gasteiger partial charge in [0, 0.05) is 11.9 Å². The Morgan fingerprint density at radius 1 is 1.37 bits per heavy atom. The second-order valence-electron chi connectivity index (χ2n) is 3.86. The highest BCUT2D eigenvalue weighted by molar-refractivity contribution is 5.90. The maximum atomic E-state index is 11.8. The first-order valence-electron chi connectivity index (χ1n) is 5.57. The monoisotopic (exact) mass is 253 g/mol. The van der Waals surface area contributed by atoms with E-state index in [-0.39, 0.29) is 12.3 Å². The van der Waals surface area contributed by atoms with Crippen LogP contribution in [0.2, 0.25) is 0 Å². The molecule has 2 N–H and O–H groups in total. The van der Waals surface area contributed by atoms with E-state index in [0.29, 0.717) is 16.8 Å². The number of carbonyl (C=O) groups excluding carboxylic acids is 1. The van der Waals surface area contributed by atoms with Gasteiger partial charge in [-0.15, -0.1) is 0 Å². The number of pyridine rings is 1. The maximum Gasteiger partial charge on any atom is 0.338 e. The van der Waals surface area contributed by atoms with Crippen molar-refractivity contribution >= 4 is 11.7 Å². The van der Waals surface area contributed by atoms with Crippen molar-refractivity contribution in [1.82, 2.24) is 4.98 Å². The van der Waals surface area contributed by atoms with Crippen LogP contribution in [0.1, 0.15) is 21.6 Å². The van der Waals surface area contributed by atoms with Gasteiger partial charge >= 0.3 is 5.97 Å². The van der Waals surface area contributed by atoms with E-state index in [9.17, 15) is 4.79 Å². The zero-order valence-electron chi connectivity index (χ0n) is 10.0. The molecule has 1 aromatic carbocycles. The normalized spacial score (nSPS) is 9.63. The molecule has 1 heterocycles. The van der Waals surface area contributed by atoms with Gasteiger partial charge in [-0.25, -0.2) is 9.78 Å². The Labute approximate surface area is 110 Å². The minimum atomic E-state index is -0.456. The molecule has 5 heteroatoms. The zero-order chi connectivity index (χ0) is 13.7. The summed E-state index contributed by atoms with van der Waals surface area (Å²) in [6.45, 7) is 0.0881. The van der Waals surface area contributed by atoms with Crippen LogP contribution in [-0.2, 0) is 11.3 Å². The number of anilines is 1. The van der Waals surface area contributed by atoms with Gasteiger partial charge in [-0.2, -0.15) is 5.26 Å². The van der Waals surface area contributed by atoms with Crippen LogP contribution >= 0.6 is 0 Å². The second-order valence-corrected chi connectivity index (χ2v) is 3.86. The van der Waals surface area contributed by atoms with Gasteiger partial charge < -0.3 is 10.5 Å². The first-order chi connectivity index (χ1) is 9.19. The summed E-state index contributed by atoms with van der Waals surface area (Å²) in [4.78, 5) is 15.6. The first kappa shape index (κ1) is 12.6. The van der Waals surface area contributed by atoms with E-state index >= 15 is 0 Å². The van der Waals surface area contributed by atoms with Crippen LogP contribution < -0.4 is 5.73 Å². The largest absolute Gasteiger partial charge is 0.457 e. The average molecular weight is 253 g/mol. The Balaban J connectivity index is 2.02. The Morgan fingerprint density at radius 3 is 2.95 bits per heavy atom. The van der Waals surface area contributed by atoms with E-state index in [0.717, 1.165) is 0 Å². The molecule has 19 heavy (non-hydrogen) atoms. The third-order valence-corrected chi connectivity index (χ3v) is 2.43. The number of benzene rings is 1. The Morgan fingerprint density at radius 2 is 2.21 bits per heavy atom. The third-order valence-electron chi connectivity index (χ3n) is 2.43. The van der Waals surface area contributed by atoms with Crippen LogP contribution in [0.15, 0.2) is 42.6 Å². The number of hydrogen-bond donors (Lipinski definition) is 1. The van der Waals surface area contributed by atoms with Gasteiger partial charge in [0.15, 0.2) is 0 Å². The SMILES string of the molecule is N#Cc1cc(COC(=O)c2cccc(N)c2)ccn1. The van der Waals surface area contributed by atoms with Crippen molar-refractivity contribution in [2.75, 3.05) is 5.73 Å². The van der Waals surface area contributed by atoms with Crippen molar-refractivity contribution in [1.29, 1.82) is 5.26 Å². The van der Waals surface area contributed by atoms with Crippen LogP contribution in [-0.4, -0.2) is 11.0 Å². The average Bonchev–Trinajstić information content (AvgIpc) is 2.45. The lowest BCUT2D eigenvalue weighted by molar-refractivity contribution is 0.0472. The Kier molecular flexibility index (Phi) is 3.74. The molecule has 0 fully saturated rings. The van der Waals surface area contributed by atoms with Crippen LogP contribution in [0, 0.1) is 11.3 Å². The number of esters is 1. The number of carbonyl (C=O) groups is 1. The highest BCUT2D eigenvalue weighted by Gasteiger charge is 2.07. The van der Waals surface area contributed by atoms with Crippen molar-refractivity contribution in [3.63, 3.8) is 0 Å². The maximum absolute atomic E-state index is 11.8. The van der Waals surface area contributed by atoms with E-state index in [1.165, 1.54) is 6.20 Å². The van der Waals surface area contributed by atoms with Crippen molar-refractivity contribution in [2.45, 2.75) is 6.61 Å². The lowest BCUT2D eigenvalue weighted by Gasteiger charge is -2.05. The van der Waals surface area contributed by atoms with Gasteiger partial charge in [-0.05, 0) is 35.9 Å². The fraction of sp³-hybridized carbons (Fsp3) is 0.0714. The van der Waals surface area contributed by atoms with Crippen molar-refractivity contribution < 1.29 is 9.53 Å². The number of ether oxygens (including phenoxy) is 1. The molecule has 0 atom stereocenters. The standard InChI is InChI=1S/C14H11N3O2/c15-8-13-6-10(4-5-17-13)9-19-14(18)11-2-1-3-12(16)7-11/h1-7H,9,16H2. The molecule has 0 bridgehead atoms. The van der Waals surface area contributed by atoms with Gasteiger partial charge in [0.25, 0.3) is 0 Å². The first-order valence-corrected chi connectivity index (χ1v) is 5.57. The van der Waals surface area contributed by atoms with E-state index in [2.05, 4.69) is 4.98 Å². The summed E-state index contributed by atoms with van der Waals surface area (Å²) in [6.07, 6.45) is 1.50. The van der Waals surface area contributed by atoms with Gasteiger partial charge in [-0.1, -0.05) is 6.07 Å². The van der Waals surface area contributed by atoms with E-state index in [1.54, 1.807) is 36.4 Å². The Bertz CT molecular complexity index is 647. The Hall–Kier alpha value is -2.87.